The number of carbonyl (C=O) groups is 1. The third-order valence-electron chi connectivity index (χ3n) is 3.35. The standard InChI is InChI=1S/C11H16ClN5O/c1-6-2-3-7(10(14)18)4-17(6)11-8(12)9(13)15-5-16-11/h5-7H,2-4H2,1H3,(H2,14,18)(H2,13,15,16). The molecule has 1 saturated heterocycles. The molecule has 0 spiro atoms. The van der Waals surface area contributed by atoms with Gasteiger partial charge in [0.1, 0.15) is 17.2 Å². The van der Waals surface area contributed by atoms with Crippen LogP contribution in [0.5, 0.6) is 0 Å². The van der Waals surface area contributed by atoms with Gasteiger partial charge in [0.15, 0.2) is 5.82 Å². The number of halogens is 1. The van der Waals surface area contributed by atoms with E-state index in [-0.39, 0.29) is 23.7 Å². The molecule has 98 valence electrons. The molecule has 2 heterocycles. The molecule has 0 aliphatic carbocycles. The van der Waals surface area contributed by atoms with Crippen molar-refractivity contribution in [3.8, 4) is 0 Å². The molecular formula is C11H16ClN5O. The van der Waals surface area contributed by atoms with Crippen LogP contribution in [0, 0.1) is 5.92 Å². The summed E-state index contributed by atoms with van der Waals surface area (Å²) in [4.78, 5) is 21.3. The second-order valence-electron chi connectivity index (χ2n) is 4.57. The Morgan fingerprint density at radius 1 is 1.50 bits per heavy atom. The van der Waals surface area contributed by atoms with Crippen LogP contribution in [0.4, 0.5) is 11.6 Å². The lowest BCUT2D eigenvalue weighted by Gasteiger charge is -2.38. The van der Waals surface area contributed by atoms with E-state index in [1.807, 2.05) is 4.90 Å². The molecule has 2 rings (SSSR count). The van der Waals surface area contributed by atoms with Crippen LogP contribution < -0.4 is 16.4 Å². The summed E-state index contributed by atoms with van der Waals surface area (Å²) in [7, 11) is 0. The number of anilines is 2. The van der Waals surface area contributed by atoms with Crippen LogP contribution in [0.15, 0.2) is 6.33 Å². The van der Waals surface area contributed by atoms with Crippen molar-refractivity contribution in [2.45, 2.75) is 25.8 Å². The fourth-order valence-corrected chi connectivity index (χ4v) is 2.41. The van der Waals surface area contributed by atoms with Gasteiger partial charge in [-0.2, -0.15) is 0 Å². The van der Waals surface area contributed by atoms with Gasteiger partial charge in [-0.25, -0.2) is 9.97 Å². The molecule has 1 aromatic rings. The SMILES string of the molecule is CC1CCC(C(N)=O)CN1c1ncnc(N)c1Cl. The van der Waals surface area contributed by atoms with Crippen molar-refractivity contribution >= 4 is 29.1 Å². The van der Waals surface area contributed by atoms with Crippen molar-refractivity contribution in [1.29, 1.82) is 0 Å². The number of amides is 1. The minimum atomic E-state index is -0.287. The smallest absolute Gasteiger partial charge is 0.222 e. The second-order valence-corrected chi connectivity index (χ2v) is 4.95. The van der Waals surface area contributed by atoms with Crippen LogP contribution in [-0.4, -0.2) is 28.5 Å². The predicted molar refractivity (Wildman–Crippen MR) is 70.2 cm³/mol. The molecule has 0 aromatic carbocycles. The Bertz CT molecular complexity index is 467. The fourth-order valence-electron chi connectivity index (χ4n) is 2.21. The monoisotopic (exact) mass is 269 g/mol. The summed E-state index contributed by atoms with van der Waals surface area (Å²) in [5.74, 6) is 0.358. The molecule has 1 aliphatic heterocycles. The highest BCUT2D eigenvalue weighted by Gasteiger charge is 2.30. The first-order valence-electron chi connectivity index (χ1n) is 5.82. The average molecular weight is 270 g/mol. The molecule has 0 bridgehead atoms. The average Bonchev–Trinajstić information content (AvgIpc) is 2.33. The lowest BCUT2D eigenvalue weighted by atomic mass is 9.93. The summed E-state index contributed by atoms with van der Waals surface area (Å²) >= 11 is 6.11. The maximum absolute atomic E-state index is 11.3. The largest absolute Gasteiger partial charge is 0.382 e. The molecule has 1 aromatic heterocycles. The van der Waals surface area contributed by atoms with Gasteiger partial charge < -0.3 is 16.4 Å². The Labute approximate surface area is 110 Å². The highest BCUT2D eigenvalue weighted by atomic mass is 35.5. The summed E-state index contributed by atoms with van der Waals surface area (Å²) in [5, 5.41) is 0.328. The first-order valence-corrected chi connectivity index (χ1v) is 6.20. The molecule has 7 heteroatoms. The summed E-state index contributed by atoms with van der Waals surface area (Å²) < 4.78 is 0. The molecule has 2 unspecified atom stereocenters. The van der Waals surface area contributed by atoms with E-state index < -0.39 is 0 Å². The Hall–Kier alpha value is -1.56. The number of nitrogen functional groups attached to an aromatic ring is 1. The Morgan fingerprint density at radius 3 is 2.89 bits per heavy atom. The number of primary amides is 1. The molecule has 0 radical (unpaired) electrons. The summed E-state index contributed by atoms with van der Waals surface area (Å²) in [6, 6.07) is 0.243. The van der Waals surface area contributed by atoms with E-state index in [9.17, 15) is 4.79 Å². The van der Waals surface area contributed by atoms with Gasteiger partial charge >= 0.3 is 0 Å². The van der Waals surface area contributed by atoms with Gasteiger partial charge in [0, 0.05) is 12.6 Å². The van der Waals surface area contributed by atoms with Crippen molar-refractivity contribution in [2.75, 3.05) is 17.2 Å². The van der Waals surface area contributed by atoms with E-state index in [0.717, 1.165) is 12.8 Å². The van der Waals surface area contributed by atoms with Gasteiger partial charge in [-0.15, -0.1) is 0 Å². The zero-order valence-corrected chi connectivity index (χ0v) is 10.9. The highest BCUT2D eigenvalue weighted by molar-refractivity contribution is 6.35. The van der Waals surface area contributed by atoms with Gasteiger partial charge in [-0.3, -0.25) is 4.79 Å². The van der Waals surface area contributed by atoms with Crippen molar-refractivity contribution in [3.05, 3.63) is 11.3 Å². The lowest BCUT2D eigenvalue weighted by molar-refractivity contribution is -0.122. The minimum Gasteiger partial charge on any atom is -0.382 e. The molecule has 1 fully saturated rings. The van der Waals surface area contributed by atoms with Gasteiger partial charge in [0.25, 0.3) is 0 Å². The number of aromatic nitrogens is 2. The Balaban J connectivity index is 2.30. The number of nitrogens with zero attached hydrogens (tertiary/aromatic N) is 3. The fraction of sp³-hybridized carbons (Fsp3) is 0.545. The van der Waals surface area contributed by atoms with Crippen molar-refractivity contribution < 1.29 is 4.79 Å². The third-order valence-corrected chi connectivity index (χ3v) is 3.72. The molecular weight excluding hydrogens is 254 g/mol. The number of carbonyl (C=O) groups excluding carboxylic acids is 1. The number of piperidine rings is 1. The molecule has 6 nitrogen and oxygen atoms in total. The third kappa shape index (κ3) is 2.33. The quantitative estimate of drug-likeness (QED) is 0.828. The normalized spacial score (nSPS) is 24.0. The van der Waals surface area contributed by atoms with Crippen molar-refractivity contribution in [1.82, 2.24) is 9.97 Å². The number of rotatable bonds is 2. The van der Waals surface area contributed by atoms with E-state index in [1.165, 1.54) is 6.33 Å². The molecule has 2 atom stereocenters. The van der Waals surface area contributed by atoms with Gasteiger partial charge in [0.2, 0.25) is 5.91 Å². The van der Waals surface area contributed by atoms with Gasteiger partial charge in [-0.05, 0) is 19.8 Å². The van der Waals surface area contributed by atoms with Crippen molar-refractivity contribution in [3.63, 3.8) is 0 Å². The van der Waals surface area contributed by atoms with Crippen LogP contribution in [-0.2, 0) is 4.79 Å². The highest BCUT2D eigenvalue weighted by Crippen LogP contribution is 2.32. The van der Waals surface area contributed by atoms with E-state index in [4.69, 9.17) is 23.1 Å². The van der Waals surface area contributed by atoms with Crippen LogP contribution in [0.25, 0.3) is 0 Å². The van der Waals surface area contributed by atoms with Gasteiger partial charge in [0.05, 0.1) is 5.92 Å². The van der Waals surface area contributed by atoms with Crippen LogP contribution in [0.1, 0.15) is 19.8 Å². The number of hydrogen-bond acceptors (Lipinski definition) is 5. The maximum atomic E-state index is 11.3. The van der Waals surface area contributed by atoms with Gasteiger partial charge in [-0.1, -0.05) is 11.6 Å². The zero-order chi connectivity index (χ0) is 13.3. The first-order chi connectivity index (χ1) is 8.50. The van der Waals surface area contributed by atoms with Crippen molar-refractivity contribution in [2.24, 2.45) is 11.7 Å². The number of hydrogen-bond donors (Lipinski definition) is 2. The predicted octanol–water partition coefficient (Wildman–Crippen LogP) is 0.802. The molecule has 0 saturated carbocycles. The summed E-state index contributed by atoms with van der Waals surface area (Å²) in [6.45, 7) is 2.58. The summed E-state index contributed by atoms with van der Waals surface area (Å²) in [5.41, 5.74) is 11.0. The minimum absolute atomic E-state index is 0.173. The topological polar surface area (TPSA) is 98.1 Å². The van der Waals surface area contributed by atoms with E-state index in [1.54, 1.807) is 0 Å². The van der Waals surface area contributed by atoms with Crippen LogP contribution in [0.2, 0.25) is 5.02 Å². The second kappa shape index (κ2) is 4.97. The molecule has 1 amide bonds. The van der Waals surface area contributed by atoms with E-state index in [0.29, 0.717) is 17.4 Å². The van der Waals surface area contributed by atoms with Crippen LogP contribution in [0.3, 0.4) is 0 Å². The summed E-state index contributed by atoms with van der Waals surface area (Å²) in [6.07, 6.45) is 3.04. The van der Waals surface area contributed by atoms with E-state index in [2.05, 4.69) is 16.9 Å². The van der Waals surface area contributed by atoms with Crippen LogP contribution >= 0.6 is 11.6 Å². The Kier molecular flexibility index (Phi) is 3.56. The first kappa shape index (κ1) is 12.9. The number of nitrogens with two attached hydrogens (primary N) is 2. The Morgan fingerprint density at radius 2 is 2.22 bits per heavy atom. The zero-order valence-electron chi connectivity index (χ0n) is 10.1. The van der Waals surface area contributed by atoms with E-state index >= 15 is 0 Å². The molecule has 18 heavy (non-hydrogen) atoms. The lowest BCUT2D eigenvalue weighted by Crippen LogP contribution is -2.46. The maximum Gasteiger partial charge on any atom is 0.222 e. The molecule has 1 aliphatic rings. The molecule has 4 N–H and O–H groups in total.